The fourth-order valence-corrected chi connectivity index (χ4v) is 2.78. The minimum absolute atomic E-state index is 0.149. The molecule has 2 aromatic rings. The van der Waals surface area contributed by atoms with E-state index in [9.17, 15) is 18.0 Å². The van der Waals surface area contributed by atoms with Crippen LogP contribution in [0.15, 0.2) is 71.5 Å². The summed E-state index contributed by atoms with van der Waals surface area (Å²) in [7, 11) is 0. The first-order chi connectivity index (χ1) is 13.9. The fourth-order valence-electron chi connectivity index (χ4n) is 2.78. The number of hydrazine groups is 1. The molecule has 0 aliphatic carbocycles. The number of alkyl halides is 3. The number of carbonyl (C=O) groups is 1. The van der Waals surface area contributed by atoms with Crippen LogP contribution >= 0.6 is 0 Å². The molecule has 148 valence electrons. The zero-order valence-electron chi connectivity index (χ0n) is 14.6. The average molecular weight is 402 g/mol. The molecule has 29 heavy (non-hydrogen) atoms. The second-order valence-corrected chi connectivity index (χ2v) is 5.91. The van der Waals surface area contributed by atoms with Gasteiger partial charge in [-0.15, -0.1) is 13.2 Å². The van der Waals surface area contributed by atoms with Crippen molar-refractivity contribution in [2.75, 3.05) is 11.9 Å². The van der Waals surface area contributed by atoms with Crippen molar-refractivity contribution in [1.82, 2.24) is 20.4 Å². The summed E-state index contributed by atoms with van der Waals surface area (Å²) in [6, 6.07) is 7.20. The number of nitrogens with zero attached hydrogens (tertiary/aromatic N) is 4. The van der Waals surface area contributed by atoms with Gasteiger partial charge in [-0.05, 0) is 24.3 Å². The third-order valence-electron chi connectivity index (χ3n) is 4.02. The van der Waals surface area contributed by atoms with Crippen LogP contribution in [0.4, 0.5) is 19.0 Å². The van der Waals surface area contributed by atoms with E-state index in [2.05, 4.69) is 30.4 Å². The fraction of sp³-hybridized carbons (Fsp3) is 0.111. The van der Waals surface area contributed by atoms with Crippen LogP contribution in [0, 0.1) is 0 Å². The van der Waals surface area contributed by atoms with Gasteiger partial charge in [-0.2, -0.15) is 0 Å². The molecule has 0 spiro atoms. The molecule has 2 aliphatic heterocycles. The first kappa shape index (κ1) is 18.6. The molecule has 11 heteroatoms. The van der Waals surface area contributed by atoms with Crippen molar-refractivity contribution in [3.8, 4) is 5.75 Å². The first-order valence-electron chi connectivity index (χ1n) is 8.36. The molecule has 1 amide bonds. The van der Waals surface area contributed by atoms with E-state index >= 15 is 0 Å². The number of aromatic nitrogens is 2. The maximum atomic E-state index is 12.7. The number of ether oxygens (including phenoxy) is 1. The molecule has 0 radical (unpaired) electrons. The van der Waals surface area contributed by atoms with Gasteiger partial charge >= 0.3 is 6.36 Å². The van der Waals surface area contributed by atoms with E-state index in [1.807, 2.05) is 0 Å². The van der Waals surface area contributed by atoms with Crippen LogP contribution in [0.25, 0.3) is 0 Å². The van der Waals surface area contributed by atoms with Crippen molar-refractivity contribution < 1.29 is 22.7 Å². The Hall–Kier alpha value is -3.73. The summed E-state index contributed by atoms with van der Waals surface area (Å²) >= 11 is 0. The van der Waals surface area contributed by atoms with E-state index in [-0.39, 0.29) is 29.4 Å². The minimum atomic E-state index is -4.84. The van der Waals surface area contributed by atoms with E-state index in [1.54, 1.807) is 12.3 Å². The normalized spacial score (nSPS) is 15.8. The van der Waals surface area contributed by atoms with Crippen LogP contribution in [0.5, 0.6) is 5.75 Å². The SMILES string of the molecule is O=C(Nc1ccncn1)C1=C2N=C(c3ccccc3OC(F)(F)F)C=CN2NC1. The van der Waals surface area contributed by atoms with E-state index in [4.69, 9.17) is 0 Å². The predicted octanol–water partition coefficient (Wildman–Crippen LogP) is 2.36. The Morgan fingerprint density at radius 2 is 2.07 bits per heavy atom. The second kappa shape index (κ2) is 7.36. The molecule has 3 heterocycles. The highest BCUT2D eigenvalue weighted by Crippen LogP contribution is 2.30. The van der Waals surface area contributed by atoms with E-state index in [0.717, 1.165) is 0 Å². The Labute approximate surface area is 162 Å². The minimum Gasteiger partial charge on any atom is -0.405 e. The highest BCUT2D eigenvalue weighted by atomic mass is 19.4. The zero-order chi connectivity index (χ0) is 20.4. The molecule has 2 aliphatic rings. The number of hydrogen-bond donors (Lipinski definition) is 2. The van der Waals surface area contributed by atoms with Crippen molar-refractivity contribution in [3.05, 3.63) is 72.1 Å². The van der Waals surface area contributed by atoms with E-state index in [1.165, 1.54) is 47.9 Å². The van der Waals surface area contributed by atoms with Crippen molar-refractivity contribution in [2.45, 2.75) is 6.36 Å². The monoisotopic (exact) mass is 402 g/mol. The van der Waals surface area contributed by atoms with Crippen molar-refractivity contribution in [2.24, 2.45) is 4.99 Å². The Morgan fingerprint density at radius 3 is 2.83 bits per heavy atom. The molecule has 0 saturated heterocycles. The lowest BCUT2D eigenvalue weighted by Crippen LogP contribution is -2.28. The highest BCUT2D eigenvalue weighted by molar-refractivity contribution is 6.12. The summed E-state index contributed by atoms with van der Waals surface area (Å²) in [4.78, 5) is 24.7. The number of rotatable bonds is 4. The van der Waals surface area contributed by atoms with Crippen LogP contribution in [-0.2, 0) is 4.79 Å². The number of fused-ring (bicyclic) bond motifs is 1. The average Bonchev–Trinajstić information content (AvgIpc) is 3.11. The molecular weight excluding hydrogens is 389 g/mol. The smallest absolute Gasteiger partial charge is 0.405 e. The lowest BCUT2D eigenvalue weighted by atomic mass is 10.1. The number of allylic oxidation sites excluding steroid dienone is 1. The number of para-hydroxylation sites is 1. The number of aliphatic imine (C=N–C) groups is 1. The molecule has 0 bridgehead atoms. The standard InChI is InChI=1S/C18H13F3N6O2/c19-18(20,21)29-14-4-2-1-3-11(14)13-6-8-27-16(25-13)12(9-24-27)17(28)26-15-5-7-22-10-23-15/h1-8,10,24H,9H2,(H,22,23,26,28). The number of carbonyl (C=O) groups excluding carboxylic acids is 1. The summed E-state index contributed by atoms with van der Waals surface area (Å²) in [6.45, 7) is 0.189. The van der Waals surface area contributed by atoms with E-state index < -0.39 is 12.3 Å². The van der Waals surface area contributed by atoms with Gasteiger partial charge in [-0.25, -0.2) is 20.4 Å². The van der Waals surface area contributed by atoms with Crippen LogP contribution < -0.4 is 15.5 Å². The number of nitrogens with one attached hydrogen (secondary N) is 2. The quantitative estimate of drug-likeness (QED) is 0.816. The maximum Gasteiger partial charge on any atom is 0.573 e. The third kappa shape index (κ3) is 4.09. The second-order valence-electron chi connectivity index (χ2n) is 5.91. The van der Waals surface area contributed by atoms with Gasteiger partial charge in [0.1, 0.15) is 17.9 Å². The van der Waals surface area contributed by atoms with Gasteiger partial charge in [0, 0.05) is 24.5 Å². The largest absolute Gasteiger partial charge is 0.573 e. The maximum absolute atomic E-state index is 12.7. The third-order valence-corrected chi connectivity index (χ3v) is 4.02. The molecule has 4 rings (SSSR count). The number of hydrogen-bond acceptors (Lipinski definition) is 7. The molecule has 1 aromatic heterocycles. The summed E-state index contributed by atoms with van der Waals surface area (Å²) in [5, 5.41) is 4.15. The molecule has 8 nitrogen and oxygen atoms in total. The number of amides is 1. The van der Waals surface area contributed by atoms with Gasteiger partial charge < -0.3 is 10.1 Å². The van der Waals surface area contributed by atoms with Crippen LogP contribution in [0.3, 0.4) is 0 Å². The van der Waals surface area contributed by atoms with Crippen molar-refractivity contribution in [1.29, 1.82) is 0 Å². The summed E-state index contributed by atoms with van der Waals surface area (Å²) < 4.78 is 42.2. The molecule has 0 unspecified atom stereocenters. The van der Waals surface area contributed by atoms with Crippen LogP contribution in [-0.4, -0.2) is 39.5 Å². The van der Waals surface area contributed by atoms with Gasteiger partial charge in [0.15, 0.2) is 5.82 Å². The predicted molar refractivity (Wildman–Crippen MR) is 96.3 cm³/mol. The van der Waals surface area contributed by atoms with Crippen LogP contribution in [0.2, 0.25) is 0 Å². The Balaban J connectivity index is 1.66. The van der Waals surface area contributed by atoms with Crippen LogP contribution in [0.1, 0.15) is 5.56 Å². The molecule has 1 aromatic carbocycles. The molecule has 2 N–H and O–H groups in total. The van der Waals surface area contributed by atoms with Gasteiger partial charge in [-0.3, -0.25) is 9.80 Å². The molecule has 0 saturated carbocycles. The Kier molecular flexibility index (Phi) is 4.72. The molecule has 0 fully saturated rings. The van der Waals surface area contributed by atoms with Gasteiger partial charge in [-0.1, -0.05) is 12.1 Å². The zero-order valence-corrected chi connectivity index (χ0v) is 14.6. The summed E-state index contributed by atoms with van der Waals surface area (Å²) in [5.74, 6) is -0.228. The van der Waals surface area contributed by atoms with Crippen molar-refractivity contribution in [3.63, 3.8) is 0 Å². The van der Waals surface area contributed by atoms with Gasteiger partial charge in [0.05, 0.1) is 11.3 Å². The van der Waals surface area contributed by atoms with Crippen molar-refractivity contribution >= 4 is 17.4 Å². The molecular formula is C18H13F3N6O2. The summed E-state index contributed by atoms with van der Waals surface area (Å²) in [6.07, 6.45) is 1.05. The Bertz CT molecular complexity index is 1030. The first-order valence-corrected chi connectivity index (χ1v) is 8.36. The lowest BCUT2D eigenvalue weighted by Gasteiger charge is -2.20. The summed E-state index contributed by atoms with van der Waals surface area (Å²) in [5.41, 5.74) is 3.64. The van der Waals surface area contributed by atoms with Gasteiger partial charge in [0.25, 0.3) is 5.91 Å². The molecule has 0 atom stereocenters. The van der Waals surface area contributed by atoms with E-state index in [0.29, 0.717) is 11.4 Å². The highest BCUT2D eigenvalue weighted by Gasteiger charge is 2.33. The number of benzene rings is 1. The number of anilines is 1. The lowest BCUT2D eigenvalue weighted by molar-refractivity contribution is -0.274. The number of halogens is 3. The Morgan fingerprint density at radius 1 is 1.24 bits per heavy atom. The topological polar surface area (TPSA) is 91.7 Å². The van der Waals surface area contributed by atoms with Gasteiger partial charge in [0.2, 0.25) is 0 Å².